The molecular weight excluding hydrogens is 338 g/mol. The number of benzene rings is 1. The third-order valence-electron chi connectivity index (χ3n) is 4.08. The first kappa shape index (κ1) is 15.9. The molecule has 0 fully saturated rings. The number of aliphatic hydroxyl groups excluding tert-OH is 1. The second kappa shape index (κ2) is 6.70. The zero-order chi connectivity index (χ0) is 17.2. The maximum atomic E-state index is 10.4. The predicted molar refractivity (Wildman–Crippen MR) is 95.9 cm³/mol. The second-order valence-electron chi connectivity index (χ2n) is 5.77. The van der Waals surface area contributed by atoms with Crippen LogP contribution in [0.3, 0.4) is 0 Å². The zero-order valence-corrected chi connectivity index (χ0v) is 14.2. The number of ether oxygens (including phenoxy) is 1. The summed E-state index contributed by atoms with van der Waals surface area (Å²) in [6.45, 7) is 1.63. The highest BCUT2D eigenvalue weighted by Crippen LogP contribution is 2.38. The smallest absolute Gasteiger partial charge is 0.186 e. The topological polar surface area (TPSA) is 78.7 Å². The van der Waals surface area contributed by atoms with Gasteiger partial charge in [0.1, 0.15) is 6.61 Å². The molecule has 0 bridgehead atoms. The van der Waals surface area contributed by atoms with Crippen molar-refractivity contribution in [2.45, 2.75) is 13.2 Å². The van der Waals surface area contributed by atoms with Crippen molar-refractivity contribution < 1.29 is 14.9 Å². The van der Waals surface area contributed by atoms with Crippen LogP contribution in [0.4, 0.5) is 5.13 Å². The fourth-order valence-electron chi connectivity index (χ4n) is 2.88. The molecule has 2 aromatic heterocycles. The van der Waals surface area contributed by atoms with E-state index in [-0.39, 0.29) is 12.4 Å². The Morgan fingerprint density at radius 1 is 1.28 bits per heavy atom. The third-order valence-corrected chi connectivity index (χ3v) is 5.03. The molecule has 4 rings (SSSR count). The number of hydrogen-bond donors (Lipinski definition) is 2. The lowest BCUT2D eigenvalue weighted by Crippen LogP contribution is -2.25. The number of phenols is 1. The van der Waals surface area contributed by atoms with Crippen molar-refractivity contribution in [2.75, 3.05) is 18.1 Å². The Bertz CT molecular complexity index is 883. The van der Waals surface area contributed by atoms with Gasteiger partial charge in [-0.15, -0.1) is 11.3 Å². The largest absolute Gasteiger partial charge is 0.504 e. The summed E-state index contributed by atoms with van der Waals surface area (Å²) in [5, 5.41) is 22.3. The molecule has 2 N–H and O–H groups in total. The van der Waals surface area contributed by atoms with Gasteiger partial charge in [-0.2, -0.15) is 0 Å². The normalized spacial score (nSPS) is 13.9. The van der Waals surface area contributed by atoms with Gasteiger partial charge in [-0.05, 0) is 23.8 Å². The van der Waals surface area contributed by atoms with Crippen molar-refractivity contribution in [3.63, 3.8) is 0 Å². The van der Waals surface area contributed by atoms with Gasteiger partial charge >= 0.3 is 0 Å². The van der Waals surface area contributed by atoms with Crippen LogP contribution in [0.1, 0.15) is 11.3 Å². The fourth-order valence-corrected chi connectivity index (χ4v) is 3.72. The zero-order valence-electron chi connectivity index (χ0n) is 13.4. The predicted octanol–water partition coefficient (Wildman–Crippen LogP) is 2.80. The molecule has 0 saturated carbocycles. The summed E-state index contributed by atoms with van der Waals surface area (Å²) < 4.78 is 5.78. The average molecular weight is 355 g/mol. The van der Waals surface area contributed by atoms with E-state index in [2.05, 4.69) is 14.9 Å². The number of thiazole rings is 1. The van der Waals surface area contributed by atoms with Crippen molar-refractivity contribution in [3.05, 3.63) is 53.3 Å². The highest BCUT2D eigenvalue weighted by Gasteiger charge is 2.21. The Kier molecular flexibility index (Phi) is 4.25. The molecule has 1 aliphatic rings. The summed E-state index contributed by atoms with van der Waals surface area (Å²) in [5.74, 6) is 0.655. The maximum Gasteiger partial charge on any atom is 0.186 e. The van der Waals surface area contributed by atoms with Crippen molar-refractivity contribution in [1.29, 1.82) is 0 Å². The van der Waals surface area contributed by atoms with Crippen LogP contribution in [-0.2, 0) is 13.2 Å². The number of rotatable bonds is 3. The number of fused-ring (bicyclic) bond motifs is 1. The Morgan fingerprint density at radius 3 is 2.96 bits per heavy atom. The summed E-state index contributed by atoms with van der Waals surface area (Å²) in [6.07, 6.45) is 3.49. The SMILES string of the molecule is OCc1csc(N2CCOc3c(O)cc(-c4cccnc4)cc3C2)n1. The molecule has 0 aliphatic carbocycles. The lowest BCUT2D eigenvalue weighted by molar-refractivity contribution is 0.277. The van der Waals surface area contributed by atoms with Crippen molar-refractivity contribution in [1.82, 2.24) is 9.97 Å². The molecule has 0 atom stereocenters. The Hall–Kier alpha value is -2.64. The molecule has 1 aromatic carbocycles. The molecule has 1 aliphatic heterocycles. The minimum atomic E-state index is -0.0661. The highest BCUT2D eigenvalue weighted by molar-refractivity contribution is 7.13. The monoisotopic (exact) mass is 355 g/mol. The van der Waals surface area contributed by atoms with E-state index in [1.807, 2.05) is 23.6 Å². The first-order chi connectivity index (χ1) is 12.2. The summed E-state index contributed by atoms with van der Waals surface area (Å²) in [5.41, 5.74) is 3.40. The van der Waals surface area contributed by atoms with E-state index < -0.39 is 0 Å². The van der Waals surface area contributed by atoms with Crippen LogP contribution in [0.5, 0.6) is 11.5 Å². The molecule has 3 aromatic rings. The van der Waals surface area contributed by atoms with E-state index in [0.29, 0.717) is 31.1 Å². The van der Waals surface area contributed by atoms with Gasteiger partial charge < -0.3 is 19.8 Å². The number of phenolic OH excluding ortho intramolecular Hbond substituents is 1. The highest BCUT2D eigenvalue weighted by atomic mass is 32.1. The fraction of sp³-hybridized carbons (Fsp3) is 0.222. The van der Waals surface area contributed by atoms with Crippen LogP contribution in [0.25, 0.3) is 11.1 Å². The van der Waals surface area contributed by atoms with Gasteiger partial charge in [-0.1, -0.05) is 6.07 Å². The van der Waals surface area contributed by atoms with Crippen molar-refractivity contribution in [3.8, 4) is 22.6 Å². The molecule has 0 unspecified atom stereocenters. The number of aromatic nitrogens is 2. The molecule has 3 heterocycles. The van der Waals surface area contributed by atoms with Gasteiger partial charge in [-0.25, -0.2) is 4.98 Å². The van der Waals surface area contributed by atoms with Crippen LogP contribution in [0.2, 0.25) is 0 Å². The molecule has 128 valence electrons. The number of nitrogens with zero attached hydrogens (tertiary/aromatic N) is 3. The molecule has 25 heavy (non-hydrogen) atoms. The van der Waals surface area contributed by atoms with Crippen molar-refractivity contribution >= 4 is 16.5 Å². The third kappa shape index (κ3) is 3.16. The first-order valence-electron chi connectivity index (χ1n) is 7.94. The van der Waals surface area contributed by atoms with Crippen LogP contribution in [-0.4, -0.2) is 33.3 Å². The molecule has 0 radical (unpaired) electrons. The molecule has 0 spiro atoms. The molecular formula is C18H17N3O3S. The maximum absolute atomic E-state index is 10.4. The van der Waals surface area contributed by atoms with E-state index in [0.717, 1.165) is 21.8 Å². The Morgan fingerprint density at radius 2 is 2.20 bits per heavy atom. The Labute approximate surface area is 149 Å². The minimum absolute atomic E-state index is 0.0661. The standard InChI is InChI=1S/C18H17N3O3S/c22-10-15-11-25-18(20-15)21-4-5-24-17-14(9-21)6-13(7-16(17)23)12-2-1-3-19-8-12/h1-3,6-8,11,22-23H,4-5,9-10H2. The lowest BCUT2D eigenvalue weighted by atomic mass is 10.0. The van der Waals surface area contributed by atoms with Gasteiger partial charge in [-0.3, -0.25) is 4.98 Å². The van der Waals surface area contributed by atoms with Gasteiger partial charge in [0.25, 0.3) is 0 Å². The van der Waals surface area contributed by atoms with Gasteiger partial charge in [0.05, 0.1) is 18.8 Å². The van der Waals surface area contributed by atoms with Gasteiger partial charge in [0, 0.05) is 35.4 Å². The molecule has 0 amide bonds. The first-order valence-corrected chi connectivity index (χ1v) is 8.82. The average Bonchev–Trinajstić information content (AvgIpc) is 3.02. The second-order valence-corrected chi connectivity index (χ2v) is 6.61. The molecule has 6 nitrogen and oxygen atoms in total. The van der Waals surface area contributed by atoms with E-state index >= 15 is 0 Å². The number of hydrogen-bond acceptors (Lipinski definition) is 7. The van der Waals surface area contributed by atoms with Crippen LogP contribution in [0.15, 0.2) is 42.0 Å². The van der Waals surface area contributed by atoms with E-state index in [1.54, 1.807) is 18.5 Å². The number of aromatic hydroxyl groups is 1. The van der Waals surface area contributed by atoms with E-state index in [9.17, 15) is 10.2 Å². The number of aliphatic hydroxyl groups is 1. The summed E-state index contributed by atoms with van der Waals surface area (Å²) >= 11 is 1.50. The summed E-state index contributed by atoms with van der Waals surface area (Å²) in [6, 6.07) is 7.55. The molecule has 7 heteroatoms. The van der Waals surface area contributed by atoms with E-state index in [1.165, 1.54) is 11.3 Å². The van der Waals surface area contributed by atoms with Crippen LogP contribution >= 0.6 is 11.3 Å². The van der Waals surface area contributed by atoms with Crippen LogP contribution < -0.4 is 9.64 Å². The summed E-state index contributed by atoms with van der Waals surface area (Å²) in [7, 11) is 0. The van der Waals surface area contributed by atoms with Gasteiger partial charge in [0.15, 0.2) is 16.6 Å². The van der Waals surface area contributed by atoms with Gasteiger partial charge in [0.2, 0.25) is 0 Å². The lowest BCUT2D eigenvalue weighted by Gasteiger charge is -2.18. The van der Waals surface area contributed by atoms with Crippen molar-refractivity contribution in [2.24, 2.45) is 0 Å². The Balaban J connectivity index is 1.71. The number of anilines is 1. The number of pyridine rings is 1. The summed E-state index contributed by atoms with van der Waals surface area (Å²) in [4.78, 5) is 10.7. The van der Waals surface area contributed by atoms with Crippen LogP contribution in [0, 0.1) is 0 Å². The minimum Gasteiger partial charge on any atom is -0.504 e. The quantitative estimate of drug-likeness (QED) is 0.752. The molecule has 0 saturated heterocycles. The van der Waals surface area contributed by atoms with E-state index in [4.69, 9.17) is 4.74 Å².